The maximum Gasteiger partial charge on any atom is 0.407 e. The fourth-order valence-corrected chi connectivity index (χ4v) is 2.52. The van der Waals surface area contributed by atoms with Crippen LogP contribution in [0.4, 0.5) is 4.79 Å². The van der Waals surface area contributed by atoms with Crippen LogP contribution in [0, 0.1) is 11.8 Å². The molecule has 0 aliphatic heterocycles. The summed E-state index contributed by atoms with van der Waals surface area (Å²) in [4.78, 5) is 11.2. The molecule has 0 aromatic rings. The van der Waals surface area contributed by atoms with Crippen LogP contribution < -0.4 is 5.32 Å². The molecule has 1 saturated carbocycles. The Bertz CT molecular complexity index is 204. The Morgan fingerprint density at radius 3 is 2.00 bits per heavy atom. The van der Waals surface area contributed by atoms with Gasteiger partial charge in [-0.05, 0) is 24.7 Å². The number of ether oxygens (including phenoxy) is 1. The molecule has 0 radical (unpaired) electrons. The van der Waals surface area contributed by atoms with Gasteiger partial charge in [-0.15, -0.1) is 0 Å². The Hall–Kier alpha value is -0.730. The van der Waals surface area contributed by atoms with Gasteiger partial charge >= 0.3 is 6.09 Å². The van der Waals surface area contributed by atoms with Crippen LogP contribution in [0.5, 0.6) is 0 Å². The number of amides is 1. The van der Waals surface area contributed by atoms with E-state index < -0.39 is 0 Å². The normalized spacial score (nSPS) is 27.6. The van der Waals surface area contributed by atoms with Gasteiger partial charge in [-0.25, -0.2) is 4.79 Å². The molecular weight excluding hydrogens is 202 g/mol. The second-order valence-corrected chi connectivity index (χ2v) is 4.77. The Kier molecular flexibility index (Phi) is 5.64. The van der Waals surface area contributed by atoms with E-state index in [9.17, 15) is 4.79 Å². The first-order chi connectivity index (χ1) is 7.74. The predicted molar refractivity (Wildman–Crippen MR) is 65.4 cm³/mol. The molecule has 1 N–H and O–H groups in total. The number of methoxy groups -OCH3 is 1. The maximum absolute atomic E-state index is 11.2. The van der Waals surface area contributed by atoms with Gasteiger partial charge in [0.2, 0.25) is 0 Å². The number of rotatable bonds is 7. The zero-order chi connectivity index (χ0) is 12.0. The standard InChI is InChI=1S/C13H25NO2/c1-4-6-8-10-11(9-7-5-2)12(10)14-13(15)16-3/h10-12H,4-9H2,1-3H3,(H,14,15)/t10-,11?,12?/m1/s1. The SMILES string of the molecule is CCCCC1C(NC(=O)OC)[C@@H]1CCCC. The third kappa shape index (κ3) is 3.69. The quantitative estimate of drug-likeness (QED) is 0.724. The summed E-state index contributed by atoms with van der Waals surface area (Å²) >= 11 is 0. The van der Waals surface area contributed by atoms with Gasteiger partial charge in [-0.2, -0.15) is 0 Å². The number of unbranched alkanes of at least 4 members (excludes halogenated alkanes) is 2. The minimum Gasteiger partial charge on any atom is -0.453 e. The monoisotopic (exact) mass is 227 g/mol. The van der Waals surface area contributed by atoms with Gasteiger partial charge in [-0.3, -0.25) is 0 Å². The summed E-state index contributed by atoms with van der Waals surface area (Å²) in [5.41, 5.74) is 0. The van der Waals surface area contributed by atoms with Crippen LogP contribution in [0.1, 0.15) is 52.4 Å². The molecule has 0 bridgehead atoms. The molecule has 3 nitrogen and oxygen atoms in total. The van der Waals surface area contributed by atoms with Crippen molar-refractivity contribution in [2.45, 2.75) is 58.4 Å². The molecule has 0 aromatic carbocycles. The van der Waals surface area contributed by atoms with Crippen molar-refractivity contribution >= 4 is 6.09 Å². The molecule has 3 atom stereocenters. The molecule has 0 spiro atoms. The van der Waals surface area contributed by atoms with E-state index in [0.717, 1.165) is 0 Å². The van der Waals surface area contributed by atoms with Crippen molar-refractivity contribution < 1.29 is 9.53 Å². The second kappa shape index (κ2) is 6.77. The van der Waals surface area contributed by atoms with Crippen LogP contribution in [-0.2, 0) is 4.74 Å². The number of hydrogen-bond donors (Lipinski definition) is 1. The van der Waals surface area contributed by atoms with Gasteiger partial charge in [0.05, 0.1) is 7.11 Å². The summed E-state index contributed by atoms with van der Waals surface area (Å²) in [6.45, 7) is 4.43. The zero-order valence-corrected chi connectivity index (χ0v) is 10.8. The first kappa shape index (κ1) is 13.3. The van der Waals surface area contributed by atoms with E-state index >= 15 is 0 Å². The summed E-state index contributed by atoms with van der Waals surface area (Å²) < 4.78 is 4.66. The molecule has 0 saturated heterocycles. The van der Waals surface area contributed by atoms with Crippen molar-refractivity contribution in [1.82, 2.24) is 5.32 Å². The Morgan fingerprint density at radius 2 is 1.62 bits per heavy atom. The molecular formula is C13H25NO2. The molecule has 1 aliphatic rings. The average Bonchev–Trinajstić information content (AvgIpc) is 2.95. The van der Waals surface area contributed by atoms with Crippen LogP contribution in [0.25, 0.3) is 0 Å². The topological polar surface area (TPSA) is 38.3 Å². The van der Waals surface area contributed by atoms with Gasteiger partial charge in [0.1, 0.15) is 0 Å². The molecule has 3 heteroatoms. The van der Waals surface area contributed by atoms with Crippen molar-refractivity contribution in [3.63, 3.8) is 0 Å². The lowest BCUT2D eigenvalue weighted by atomic mass is 10.1. The zero-order valence-electron chi connectivity index (χ0n) is 10.8. The highest BCUT2D eigenvalue weighted by Crippen LogP contribution is 2.46. The van der Waals surface area contributed by atoms with Crippen LogP contribution in [0.15, 0.2) is 0 Å². The lowest BCUT2D eigenvalue weighted by Gasteiger charge is -2.02. The molecule has 94 valence electrons. The van der Waals surface area contributed by atoms with Gasteiger partial charge in [-0.1, -0.05) is 39.5 Å². The first-order valence-electron chi connectivity index (χ1n) is 6.59. The largest absolute Gasteiger partial charge is 0.453 e. The van der Waals surface area contributed by atoms with Gasteiger partial charge < -0.3 is 10.1 Å². The maximum atomic E-state index is 11.2. The van der Waals surface area contributed by atoms with Crippen LogP contribution in [0.3, 0.4) is 0 Å². The van der Waals surface area contributed by atoms with Crippen molar-refractivity contribution in [2.24, 2.45) is 11.8 Å². The predicted octanol–water partition coefficient (Wildman–Crippen LogP) is 3.34. The fourth-order valence-electron chi connectivity index (χ4n) is 2.52. The Labute approximate surface area is 98.9 Å². The Balaban J connectivity index is 2.31. The van der Waals surface area contributed by atoms with Crippen LogP contribution >= 0.6 is 0 Å². The highest BCUT2D eigenvalue weighted by Gasteiger charge is 2.49. The van der Waals surface area contributed by atoms with Crippen LogP contribution in [-0.4, -0.2) is 19.2 Å². The minimum absolute atomic E-state index is 0.273. The average molecular weight is 227 g/mol. The number of carbonyl (C=O) groups is 1. The van der Waals surface area contributed by atoms with Gasteiger partial charge in [0.25, 0.3) is 0 Å². The fraction of sp³-hybridized carbons (Fsp3) is 0.923. The summed E-state index contributed by atoms with van der Waals surface area (Å²) in [5, 5.41) is 2.96. The van der Waals surface area contributed by atoms with Crippen molar-refractivity contribution in [3.05, 3.63) is 0 Å². The molecule has 1 rings (SSSR count). The Morgan fingerprint density at radius 1 is 1.12 bits per heavy atom. The first-order valence-corrected chi connectivity index (χ1v) is 6.59. The lowest BCUT2D eigenvalue weighted by molar-refractivity contribution is 0.169. The van der Waals surface area contributed by atoms with Crippen molar-refractivity contribution in [1.29, 1.82) is 0 Å². The molecule has 16 heavy (non-hydrogen) atoms. The molecule has 0 heterocycles. The van der Waals surface area contributed by atoms with Crippen molar-refractivity contribution in [2.75, 3.05) is 7.11 Å². The lowest BCUT2D eigenvalue weighted by Crippen LogP contribution is -2.27. The van der Waals surface area contributed by atoms with Gasteiger partial charge in [0.15, 0.2) is 0 Å². The highest BCUT2D eigenvalue weighted by molar-refractivity contribution is 5.68. The van der Waals surface area contributed by atoms with E-state index in [4.69, 9.17) is 0 Å². The van der Waals surface area contributed by atoms with Crippen LogP contribution in [0.2, 0.25) is 0 Å². The molecule has 1 aliphatic carbocycles. The minimum atomic E-state index is -0.273. The van der Waals surface area contributed by atoms with E-state index in [-0.39, 0.29) is 6.09 Å². The number of nitrogens with one attached hydrogen (secondary N) is 1. The number of carbonyl (C=O) groups excluding carboxylic acids is 1. The van der Waals surface area contributed by atoms with Gasteiger partial charge in [0, 0.05) is 6.04 Å². The molecule has 0 aromatic heterocycles. The molecule has 1 amide bonds. The highest BCUT2D eigenvalue weighted by atomic mass is 16.5. The van der Waals surface area contributed by atoms with E-state index in [1.54, 1.807) is 0 Å². The van der Waals surface area contributed by atoms with E-state index in [2.05, 4.69) is 23.9 Å². The number of alkyl carbamates (subject to hydrolysis) is 1. The summed E-state index contributed by atoms with van der Waals surface area (Å²) in [7, 11) is 1.43. The second-order valence-electron chi connectivity index (χ2n) is 4.77. The third-order valence-electron chi connectivity index (χ3n) is 3.58. The summed E-state index contributed by atoms with van der Waals surface area (Å²) in [6.07, 6.45) is 7.24. The van der Waals surface area contributed by atoms with Crippen molar-refractivity contribution in [3.8, 4) is 0 Å². The molecule has 1 fully saturated rings. The van der Waals surface area contributed by atoms with E-state index in [0.29, 0.717) is 17.9 Å². The third-order valence-corrected chi connectivity index (χ3v) is 3.58. The molecule has 2 unspecified atom stereocenters. The van der Waals surface area contributed by atoms with E-state index in [1.165, 1.54) is 45.6 Å². The van der Waals surface area contributed by atoms with E-state index in [1.807, 2.05) is 0 Å². The smallest absolute Gasteiger partial charge is 0.407 e. The summed E-state index contributed by atoms with van der Waals surface area (Å²) in [5.74, 6) is 1.40. The summed E-state index contributed by atoms with van der Waals surface area (Å²) in [6, 6.07) is 0.380. The number of hydrogen-bond acceptors (Lipinski definition) is 2.